The fourth-order valence-corrected chi connectivity index (χ4v) is 5.88. The Labute approximate surface area is 202 Å². The minimum absolute atomic E-state index is 0.0106. The molecule has 1 aliphatic carbocycles. The van der Waals surface area contributed by atoms with E-state index in [0.717, 1.165) is 4.90 Å². The molecule has 2 aliphatic heterocycles. The summed E-state index contributed by atoms with van der Waals surface area (Å²) in [5, 5.41) is 4.22. The monoisotopic (exact) mass is 531 g/mol. The number of benzene rings is 1. The van der Waals surface area contributed by atoms with Crippen LogP contribution in [0, 0.1) is 5.92 Å². The van der Waals surface area contributed by atoms with E-state index in [-0.39, 0.29) is 29.7 Å². The summed E-state index contributed by atoms with van der Waals surface area (Å²) in [6.45, 7) is -1.44. The Kier molecular flexibility index (Phi) is 6.09. The number of fused-ring (bicyclic) bond motifs is 1. The minimum atomic E-state index is -4.72. The Morgan fingerprint density at radius 3 is 2.44 bits per heavy atom. The van der Waals surface area contributed by atoms with Crippen LogP contribution in [0.5, 0.6) is 5.75 Å². The molecule has 3 atom stereocenters. The zero-order chi connectivity index (χ0) is 26.6. The summed E-state index contributed by atoms with van der Waals surface area (Å²) in [5.41, 5.74) is -0.104. The molecule has 0 bridgehead atoms. The highest BCUT2D eigenvalue weighted by Gasteiger charge is 2.72. The molecule has 0 spiro atoms. The van der Waals surface area contributed by atoms with Crippen LogP contribution < -0.4 is 15.4 Å². The Balaban J connectivity index is 1.38. The van der Waals surface area contributed by atoms with Crippen LogP contribution in [0.25, 0.3) is 0 Å². The van der Waals surface area contributed by atoms with Crippen LogP contribution in [0.15, 0.2) is 18.2 Å². The molecule has 2 N–H and O–H groups in total. The predicted molar refractivity (Wildman–Crippen MR) is 113 cm³/mol. The number of nitrogens with zero attached hydrogens (tertiary/aromatic N) is 1. The van der Waals surface area contributed by atoms with Crippen LogP contribution in [-0.2, 0) is 24.2 Å². The summed E-state index contributed by atoms with van der Waals surface area (Å²) in [7, 11) is -4.12. The number of hydrogen-bond acceptors (Lipinski definition) is 8. The van der Waals surface area contributed by atoms with E-state index in [9.17, 15) is 45.6 Å². The smallest absolute Gasteiger partial charge is 0.393 e. The van der Waals surface area contributed by atoms with Crippen molar-refractivity contribution in [2.75, 3.05) is 19.4 Å². The molecule has 5 amide bonds. The first-order valence-electron chi connectivity index (χ1n) is 10.7. The van der Waals surface area contributed by atoms with Gasteiger partial charge in [0.25, 0.3) is 17.7 Å². The average molecular weight is 531 g/mol. The molecule has 1 unspecified atom stereocenters. The second-order valence-electron chi connectivity index (χ2n) is 8.86. The molecule has 1 aromatic rings. The topological polar surface area (TPSA) is 156 Å². The maximum absolute atomic E-state index is 13.0. The fraction of sp³-hybridized carbons (Fsp3) is 0.476. The number of amides is 5. The second-order valence-corrected chi connectivity index (χ2v) is 11.2. The van der Waals surface area contributed by atoms with Crippen LogP contribution in [0.4, 0.5) is 13.2 Å². The summed E-state index contributed by atoms with van der Waals surface area (Å²) in [6, 6.07) is 2.55. The highest BCUT2D eigenvalue weighted by Crippen LogP contribution is 2.57. The van der Waals surface area contributed by atoms with Gasteiger partial charge in [-0.2, -0.15) is 13.2 Å². The molecule has 2 fully saturated rings. The molecule has 0 aromatic heterocycles. The highest BCUT2D eigenvalue weighted by atomic mass is 32.2. The zero-order valence-electron chi connectivity index (χ0n) is 18.7. The lowest BCUT2D eigenvalue weighted by molar-refractivity contribution is -0.150. The predicted octanol–water partition coefficient (Wildman–Crippen LogP) is -0.0516. The van der Waals surface area contributed by atoms with Gasteiger partial charge in [0, 0.05) is 19.2 Å². The van der Waals surface area contributed by atoms with Crippen molar-refractivity contribution in [2.24, 2.45) is 5.92 Å². The number of carbonyl (C=O) groups excluding carboxylic acids is 5. The van der Waals surface area contributed by atoms with Crippen LogP contribution in [0.2, 0.25) is 0 Å². The van der Waals surface area contributed by atoms with E-state index in [1.54, 1.807) is 0 Å². The molecule has 0 radical (unpaired) electrons. The molecule has 36 heavy (non-hydrogen) atoms. The average Bonchev–Trinajstić information content (AvgIpc) is 3.50. The van der Waals surface area contributed by atoms with Gasteiger partial charge in [-0.1, -0.05) is 0 Å². The summed E-state index contributed by atoms with van der Waals surface area (Å²) in [4.78, 5) is 61.8. The van der Waals surface area contributed by atoms with E-state index in [2.05, 4.69) is 10.6 Å². The van der Waals surface area contributed by atoms with Gasteiger partial charge < -0.3 is 10.1 Å². The molecule has 1 aromatic carbocycles. The summed E-state index contributed by atoms with van der Waals surface area (Å²) in [5.74, 6) is -5.80. The van der Waals surface area contributed by atoms with E-state index in [0.29, 0.717) is 6.26 Å². The number of sulfone groups is 1. The molecule has 4 rings (SSSR count). The maximum atomic E-state index is 13.0. The van der Waals surface area contributed by atoms with Crippen molar-refractivity contribution < 1.29 is 50.3 Å². The molecule has 194 valence electrons. The summed E-state index contributed by atoms with van der Waals surface area (Å²) >= 11 is 0. The number of piperidine rings is 1. The molecule has 1 saturated carbocycles. The number of hydrogen-bond donors (Lipinski definition) is 2. The van der Waals surface area contributed by atoms with E-state index in [1.165, 1.54) is 18.2 Å². The molecule has 15 heteroatoms. The fourth-order valence-electron chi connectivity index (χ4n) is 4.42. The van der Waals surface area contributed by atoms with Crippen molar-refractivity contribution in [3.63, 3.8) is 0 Å². The third kappa shape index (κ3) is 4.42. The molecule has 1 saturated heterocycles. The van der Waals surface area contributed by atoms with Crippen LogP contribution >= 0.6 is 0 Å². The van der Waals surface area contributed by atoms with Gasteiger partial charge in [0.15, 0.2) is 16.4 Å². The minimum Gasteiger partial charge on any atom is -0.484 e. The lowest BCUT2D eigenvalue weighted by Crippen LogP contribution is -2.54. The maximum Gasteiger partial charge on any atom is 0.393 e. The van der Waals surface area contributed by atoms with Crippen molar-refractivity contribution in [3.8, 4) is 5.75 Å². The normalized spacial score (nSPS) is 25.9. The number of alkyl halides is 3. The number of nitrogens with one attached hydrogen (secondary N) is 2. The van der Waals surface area contributed by atoms with Gasteiger partial charge in [-0.15, -0.1) is 0 Å². The third-order valence-corrected chi connectivity index (χ3v) is 8.60. The molecule has 3 aliphatic rings. The van der Waals surface area contributed by atoms with Gasteiger partial charge in [-0.3, -0.25) is 34.2 Å². The van der Waals surface area contributed by atoms with Crippen LogP contribution in [-0.4, -0.2) is 79.2 Å². The number of ether oxygens (including phenoxy) is 1. The standard InChI is InChI=1S/C21H20F3N3O8S/c1-36(33,34)20(7-14(20)21(22,23)24)9-25-16(29)8-35-10-2-3-11-12(6-10)19(32)27(18(11)31)13-4-5-15(28)26-17(13)30/h2-3,6,13-14H,4-5,7-9H2,1H3,(H,25,29)(H,26,28,30)/t13?,14-,20+/m0/s1. The number of imide groups is 2. The zero-order valence-corrected chi connectivity index (χ0v) is 19.5. The Bertz CT molecular complexity index is 1300. The van der Waals surface area contributed by atoms with Crippen molar-refractivity contribution >= 4 is 39.4 Å². The first-order valence-corrected chi connectivity index (χ1v) is 12.6. The van der Waals surface area contributed by atoms with Gasteiger partial charge in [-0.25, -0.2) is 8.42 Å². The van der Waals surface area contributed by atoms with Crippen molar-refractivity contribution in [1.29, 1.82) is 0 Å². The van der Waals surface area contributed by atoms with Crippen LogP contribution in [0.3, 0.4) is 0 Å². The van der Waals surface area contributed by atoms with Crippen molar-refractivity contribution in [3.05, 3.63) is 29.3 Å². The lowest BCUT2D eigenvalue weighted by Gasteiger charge is -2.27. The number of carbonyl (C=O) groups is 5. The molecular weight excluding hydrogens is 511 g/mol. The van der Waals surface area contributed by atoms with Gasteiger partial charge in [-0.05, 0) is 31.0 Å². The van der Waals surface area contributed by atoms with Gasteiger partial charge in [0.1, 0.15) is 16.5 Å². The Morgan fingerprint density at radius 1 is 1.19 bits per heavy atom. The largest absolute Gasteiger partial charge is 0.484 e. The highest BCUT2D eigenvalue weighted by molar-refractivity contribution is 7.92. The first-order chi connectivity index (χ1) is 16.7. The molecule has 11 nitrogen and oxygen atoms in total. The van der Waals surface area contributed by atoms with E-state index < -0.39 is 81.8 Å². The van der Waals surface area contributed by atoms with Gasteiger partial charge in [0.2, 0.25) is 11.8 Å². The number of halogens is 3. The van der Waals surface area contributed by atoms with Crippen LogP contribution in [0.1, 0.15) is 40.0 Å². The van der Waals surface area contributed by atoms with E-state index in [4.69, 9.17) is 4.74 Å². The quantitative estimate of drug-likeness (QED) is 0.464. The Hall–Kier alpha value is -3.49. The van der Waals surface area contributed by atoms with Crippen molar-refractivity contribution in [1.82, 2.24) is 15.5 Å². The Morgan fingerprint density at radius 2 is 1.86 bits per heavy atom. The second kappa shape index (κ2) is 8.57. The summed E-state index contributed by atoms with van der Waals surface area (Å²) < 4.78 is 66.0. The SMILES string of the molecule is CS(=O)(=O)[C@@]1(CNC(=O)COc2ccc3c(c2)C(=O)N(C2CCC(=O)NC2=O)C3=O)C[C@@H]1C(F)(F)F. The number of rotatable bonds is 7. The molecular formula is C21H20F3N3O8S. The molecule has 2 heterocycles. The van der Waals surface area contributed by atoms with Crippen molar-refractivity contribution in [2.45, 2.75) is 36.2 Å². The summed E-state index contributed by atoms with van der Waals surface area (Å²) in [6.07, 6.45) is -4.76. The van der Waals surface area contributed by atoms with E-state index >= 15 is 0 Å². The third-order valence-electron chi connectivity index (χ3n) is 6.52. The van der Waals surface area contributed by atoms with Gasteiger partial charge in [0.05, 0.1) is 17.0 Å². The first kappa shape index (κ1) is 25.6. The van der Waals surface area contributed by atoms with Gasteiger partial charge >= 0.3 is 6.18 Å². The lowest BCUT2D eigenvalue weighted by atomic mass is 10.0. The van der Waals surface area contributed by atoms with E-state index in [1.807, 2.05) is 0 Å².